The molecule has 6 nitrogen and oxygen atoms in total. The number of primary amides is 1. The topological polar surface area (TPSA) is 98.3 Å². The van der Waals surface area contributed by atoms with Crippen LogP contribution in [0.15, 0.2) is 12.1 Å². The summed E-state index contributed by atoms with van der Waals surface area (Å²) < 4.78 is 13.2. The van der Waals surface area contributed by atoms with Crippen LogP contribution in [0.1, 0.15) is 6.92 Å². The molecule has 0 fully saturated rings. The molecule has 92 valence electrons. The zero-order valence-corrected chi connectivity index (χ0v) is 9.49. The van der Waals surface area contributed by atoms with Gasteiger partial charge in [-0.15, -0.1) is 0 Å². The Morgan fingerprint density at radius 2 is 2.24 bits per heavy atom. The number of rotatable bonds is 4. The summed E-state index contributed by atoms with van der Waals surface area (Å²) >= 11 is 5.43. The summed E-state index contributed by atoms with van der Waals surface area (Å²) in [5.74, 6) is -1.54. The molecular weight excluding hydrogens is 253 g/mol. The maximum Gasteiger partial charge on any atom is 0.294 e. The van der Waals surface area contributed by atoms with Gasteiger partial charge in [-0.1, -0.05) is 11.6 Å². The highest BCUT2D eigenvalue weighted by molar-refractivity contribution is 6.31. The van der Waals surface area contributed by atoms with Gasteiger partial charge in [0.05, 0.1) is 9.95 Å². The van der Waals surface area contributed by atoms with Crippen LogP contribution in [0.25, 0.3) is 0 Å². The molecular formula is C9H9ClFN3O3. The van der Waals surface area contributed by atoms with E-state index in [1.54, 1.807) is 0 Å². The van der Waals surface area contributed by atoms with E-state index >= 15 is 0 Å². The number of nitrogens with zero attached hydrogens (tertiary/aromatic N) is 1. The smallest absolute Gasteiger partial charge is 0.294 e. The third-order valence-corrected chi connectivity index (χ3v) is 2.32. The van der Waals surface area contributed by atoms with Crippen LogP contribution in [0.3, 0.4) is 0 Å². The van der Waals surface area contributed by atoms with E-state index in [9.17, 15) is 19.3 Å². The van der Waals surface area contributed by atoms with Gasteiger partial charge in [-0.2, -0.15) is 0 Å². The Hall–Kier alpha value is -1.89. The number of nitrogens with one attached hydrogen (secondary N) is 1. The summed E-state index contributed by atoms with van der Waals surface area (Å²) in [6.45, 7) is 1.40. The summed E-state index contributed by atoms with van der Waals surface area (Å²) in [6.07, 6.45) is 0. The van der Waals surface area contributed by atoms with E-state index in [4.69, 9.17) is 17.3 Å². The normalized spacial score (nSPS) is 11.9. The van der Waals surface area contributed by atoms with E-state index in [1.807, 2.05) is 0 Å². The van der Waals surface area contributed by atoms with E-state index in [0.717, 1.165) is 12.1 Å². The van der Waals surface area contributed by atoms with Crippen molar-refractivity contribution in [1.82, 2.24) is 0 Å². The first kappa shape index (κ1) is 13.2. The molecule has 17 heavy (non-hydrogen) atoms. The summed E-state index contributed by atoms with van der Waals surface area (Å²) in [4.78, 5) is 20.8. The van der Waals surface area contributed by atoms with Gasteiger partial charge in [-0.3, -0.25) is 14.9 Å². The fourth-order valence-electron chi connectivity index (χ4n) is 1.11. The second kappa shape index (κ2) is 4.96. The van der Waals surface area contributed by atoms with Crippen LogP contribution in [0.2, 0.25) is 5.02 Å². The van der Waals surface area contributed by atoms with Crippen LogP contribution >= 0.6 is 11.6 Å². The van der Waals surface area contributed by atoms with Gasteiger partial charge in [0, 0.05) is 12.1 Å². The lowest BCUT2D eigenvalue weighted by molar-refractivity contribution is -0.384. The molecule has 1 atom stereocenters. The molecule has 0 bridgehead atoms. The summed E-state index contributed by atoms with van der Waals surface area (Å²) in [6, 6.07) is 0.849. The molecule has 0 aliphatic heterocycles. The fraction of sp³-hybridized carbons (Fsp3) is 0.222. The Balaban J connectivity index is 3.17. The van der Waals surface area contributed by atoms with Gasteiger partial charge < -0.3 is 11.1 Å². The lowest BCUT2D eigenvalue weighted by Crippen LogP contribution is -2.32. The van der Waals surface area contributed by atoms with Crippen molar-refractivity contribution in [2.45, 2.75) is 13.0 Å². The first-order valence-electron chi connectivity index (χ1n) is 4.52. The number of amides is 1. The molecule has 0 aliphatic rings. The molecule has 1 amide bonds. The van der Waals surface area contributed by atoms with Gasteiger partial charge in [0.2, 0.25) is 5.91 Å². The number of nitro groups is 1. The van der Waals surface area contributed by atoms with Crippen LogP contribution in [-0.2, 0) is 4.79 Å². The average Bonchev–Trinajstić information content (AvgIpc) is 2.22. The van der Waals surface area contributed by atoms with Gasteiger partial charge in [0.15, 0.2) is 0 Å². The molecule has 0 aliphatic carbocycles. The molecule has 0 spiro atoms. The highest BCUT2D eigenvalue weighted by atomic mass is 35.5. The van der Waals surface area contributed by atoms with Crippen molar-refractivity contribution in [2.24, 2.45) is 5.73 Å². The highest BCUT2D eigenvalue weighted by Gasteiger charge is 2.20. The zero-order valence-electron chi connectivity index (χ0n) is 8.74. The number of hydrogen-bond donors (Lipinski definition) is 2. The Labute approximate surface area is 101 Å². The maximum absolute atomic E-state index is 13.2. The molecule has 3 N–H and O–H groups in total. The number of halogens is 2. The minimum absolute atomic E-state index is 0.150. The summed E-state index contributed by atoms with van der Waals surface area (Å²) in [7, 11) is 0. The number of anilines is 1. The predicted octanol–water partition coefficient (Wildman–Crippen LogP) is 1.67. The quantitative estimate of drug-likeness (QED) is 0.636. The summed E-state index contributed by atoms with van der Waals surface area (Å²) in [5, 5.41) is 12.8. The Bertz CT molecular complexity index is 481. The largest absolute Gasteiger partial charge is 0.368 e. The predicted molar refractivity (Wildman–Crippen MR) is 60.3 cm³/mol. The lowest BCUT2D eigenvalue weighted by atomic mass is 10.2. The number of nitrogens with two attached hydrogens (primary N) is 1. The first-order valence-corrected chi connectivity index (χ1v) is 4.90. The van der Waals surface area contributed by atoms with Crippen molar-refractivity contribution >= 4 is 28.9 Å². The summed E-state index contributed by atoms with van der Waals surface area (Å²) in [5.41, 5.74) is 4.41. The van der Waals surface area contributed by atoms with Crippen molar-refractivity contribution < 1.29 is 14.1 Å². The molecule has 1 aromatic rings. The van der Waals surface area contributed by atoms with E-state index in [-0.39, 0.29) is 10.7 Å². The van der Waals surface area contributed by atoms with Crippen LogP contribution in [0.5, 0.6) is 0 Å². The van der Waals surface area contributed by atoms with Crippen molar-refractivity contribution in [2.75, 3.05) is 5.32 Å². The second-order valence-electron chi connectivity index (χ2n) is 3.31. The molecule has 0 saturated carbocycles. The van der Waals surface area contributed by atoms with Crippen LogP contribution in [-0.4, -0.2) is 16.9 Å². The molecule has 1 rings (SSSR count). The minimum atomic E-state index is -0.866. The van der Waals surface area contributed by atoms with Gasteiger partial charge in [0.1, 0.15) is 17.5 Å². The van der Waals surface area contributed by atoms with Gasteiger partial charge in [-0.05, 0) is 6.92 Å². The third-order valence-electron chi connectivity index (χ3n) is 2.03. The third kappa shape index (κ3) is 3.04. The van der Waals surface area contributed by atoms with E-state index in [2.05, 4.69) is 5.32 Å². The van der Waals surface area contributed by atoms with E-state index in [1.165, 1.54) is 6.92 Å². The Kier molecular flexibility index (Phi) is 3.84. The maximum atomic E-state index is 13.2. The zero-order chi connectivity index (χ0) is 13.2. The standard InChI is InChI=1S/C9H9ClFN3O3/c1-4(9(12)15)13-7-3-6(11)5(10)2-8(7)14(16)17/h2-4,13H,1H3,(H2,12,15). The number of hydrogen-bond acceptors (Lipinski definition) is 4. The van der Waals surface area contributed by atoms with Gasteiger partial charge in [-0.25, -0.2) is 4.39 Å². The van der Waals surface area contributed by atoms with Gasteiger partial charge >= 0.3 is 0 Å². The Morgan fingerprint density at radius 1 is 1.65 bits per heavy atom. The Morgan fingerprint density at radius 3 is 2.71 bits per heavy atom. The first-order chi connectivity index (χ1) is 7.82. The van der Waals surface area contributed by atoms with Crippen molar-refractivity contribution in [3.05, 3.63) is 33.1 Å². The lowest BCUT2D eigenvalue weighted by Gasteiger charge is -2.12. The fourth-order valence-corrected chi connectivity index (χ4v) is 1.27. The van der Waals surface area contributed by atoms with Gasteiger partial charge in [0.25, 0.3) is 5.69 Å². The monoisotopic (exact) mass is 261 g/mol. The second-order valence-corrected chi connectivity index (χ2v) is 3.72. The SMILES string of the molecule is CC(Nc1cc(F)c(Cl)cc1[N+](=O)[O-])C(N)=O. The van der Waals surface area contributed by atoms with E-state index < -0.39 is 28.4 Å². The molecule has 1 unspecified atom stereocenters. The average molecular weight is 262 g/mol. The molecule has 0 aromatic heterocycles. The molecule has 0 radical (unpaired) electrons. The molecule has 1 aromatic carbocycles. The number of nitro benzene ring substituents is 1. The molecule has 8 heteroatoms. The van der Waals surface area contributed by atoms with Crippen molar-refractivity contribution in [3.8, 4) is 0 Å². The van der Waals surface area contributed by atoms with Crippen LogP contribution < -0.4 is 11.1 Å². The van der Waals surface area contributed by atoms with Crippen molar-refractivity contribution in [3.63, 3.8) is 0 Å². The molecule has 0 saturated heterocycles. The van der Waals surface area contributed by atoms with Crippen molar-refractivity contribution in [1.29, 1.82) is 0 Å². The molecule has 0 heterocycles. The number of carbonyl (C=O) groups is 1. The highest BCUT2D eigenvalue weighted by Crippen LogP contribution is 2.30. The number of benzene rings is 1. The van der Waals surface area contributed by atoms with Crippen LogP contribution in [0, 0.1) is 15.9 Å². The van der Waals surface area contributed by atoms with E-state index in [0.29, 0.717) is 0 Å². The number of carbonyl (C=O) groups excluding carboxylic acids is 1. The van der Waals surface area contributed by atoms with Crippen LogP contribution in [0.4, 0.5) is 15.8 Å². The minimum Gasteiger partial charge on any atom is -0.368 e.